The summed E-state index contributed by atoms with van der Waals surface area (Å²) in [5, 5.41) is 0.701. The molecule has 5 heteroatoms. The second kappa shape index (κ2) is 6.01. The van der Waals surface area contributed by atoms with Crippen LogP contribution < -0.4 is 0 Å². The van der Waals surface area contributed by atoms with E-state index in [2.05, 4.69) is 84.6 Å². The van der Waals surface area contributed by atoms with Gasteiger partial charge in [0.1, 0.15) is 5.60 Å². The van der Waals surface area contributed by atoms with Crippen LogP contribution in [0.25, 0.3) is 0 Å². The van der Waals surface area contributed by atoms with Crippen molar-refractivity contribution >= 4 is 66.0 Å². The van der Waals surface area contributed by atoms with E-state index in [1.165, 1.54) is 3.57 Å². The fourth-order valence-corrected chi connectivity index (χ4v) is 3.38. The number of nitrogens with zero attached hydrogens (tertiary/aromatic N) is 1. The third-order valence-electron chi connectivity index (χ3n) is 3.42. The molecule has 1 atom stereocenters. The van der Waals surface area contributed by atoms with E-state index in [0.717, 1.165) is 21.3 Å². The van der Waals surface area contributed by atoms with Crippen molar-refractivity contribution in [2.24, 2.45) is 4.99 Å². The Hall–Kier alpha value is -0.400. The molecule has 2 aromatic rings. The number of aliphatic imine (C=N–C) groups is 1. The molecule has 0 bridgehead atoms. The highest BCUT2D eigenvalue weighted by molar-refractivity contribution is 14.1. The van der Waals surface area contributed by atoms with Crippen LogP contribution in [0.4, 0.5) is 5.69 Å². The first kappa shape index (κ1) is 15.5. The molecule has 0 amide bonds. The van der Waals surface area contributed by atoms with Crippen molar-refractivity contribution in [2.75, 3.05) is 5.33 Å². The second-order valence-corrected chi connectivity index (χ2v) is 7.77. The zero-order valence-electron chi connectivity index (χ0n) is 11.2. The summed E-state index contributed by atoms with van der Waals surface area (Å²) in [5.74, 6) is 0.670. The highest BCUT2D eigenvalue weighted by Gasteiger charge is 2.35. The Balaban J connectivity index is 2.13. The zero-order valence-corrected chi connectivity index (χ0v) is 16.6. The normalized spacial score (nSPS) is 20.5. The molecule has 0 spiro atoms. The molecule has 0 fully saturated rings. The number of alkyl halides is 1. The molecule has 0 aromatic heterocycles. The fourth-order valence-electron chi connectivity index (χ4n) is 2.25. The molecule has 1 heterocycles. The predicted molar refractivity (Wildman–Crippen MR) is 102 cm³/mol. The van der Waals surface area contributed by atoms with Gasteiger partial charge < -0.3 is 4.74 Å². The van der Waals surface area contributed by atoms with Crippen molar-refractivity contribution in [1.82, 2.24) is 0 Å². The Morgan fingerprint density at radius 3 is 2.57 bits per heavy atom. The minimum Gasteiger partial charge on any atom is -0.465 e. The summed E-state index contributed by atoms with van der Waals surface area (Å²) >= 11 is 9.39. The number of hydrogen-bond donors (Lipinski definition) is 0. The van der Waals surface area contributed by atoms with Gasteiger partial charge in [0.05, 0.1) is 5.69 Å². The van der Waals surface area contributed by atoms with Gasteiger partial charge in [0.25, 0.3) is 0 Å². The van der Waals surface area contributed by atoms with Gasteiger partial charge in [-0.2, -0.15) is 0 Å². The van der Waals surface area contributed by atoms with Gasteiger partial charge in [0.2, 0.25) is 5.90 Å². The monoisotopic (exact) mass is 519 g/mol. The van der Waals surface area contributed by atoms with Crippen LogP contribution in [0.5, 0.6) is 0 Å². The Morgan fingerprint density at radius 2 is 1.90 bits per heavy atom. The van der Waals surface area contributed by atoms with Crippen LogP contribution in [0.15, 0.2) is 51.9 Å². The van der Waals surface area contributed by atoms with Gasteiger partial charge in [-0.15, -0.1) is 0 Å². The molecule has 0 aliphatic carbocycles. The number of ether oxygens (including phenoxy) is 1. The Labute approximate surface area is 154 Å². The van der Waals surface area contributed by atoms with E-state index >= 15 is 0 Å². The molecule has 0 radical (unpaired) electrons. The number of hydrogen-bond acceptors (Lipinski definition) is 2. The van der Waals surface area contributed by atoms with Crippen LogP contribution >= 0.6 is 54.5 Å². The summed E-state index contributed by atoms with van der Waals surface area (Å²) in [7, 11) is 0. The molecule has 108 valence electrons. The lowest BCUT2D eigenvalue weighted by Crippen LogP contribution is -2.34. The summed E-state index contributed by atoms with van der Waals surface area (Å²) in [6, 6.07) is 14.3. The third kappa shape index (κ3) is 3.05. The third-order valence-corrected chi connectivity index (χ3v) is 5.70. The summed E-state index contributed by atoms with van der Waals surface area (Å²) < 4.78 is 8.44. The highest BCUT2D eigenvalue weighted by Crippen LogP contribution is 2.41. The first-order valence-corrected chi connectivity index (χ1v) is 9.41. The largest absolute Gasteiger partial charge is 0.465 e. The highest BCUT2D eigenvalue weighted by atomic mass is 127. The predicted octanol–water partition coefficient (Wildman–Crippen LogP) is 5.77. The fraction of sp³-hybridized carbons (Fsp3) is 0.188. The molecule has 2 nitrogen and oxygen atoms in total. The number of rotatable bonds is 2. The van der Waals surface area contributed by atoms with E-state index in [-0.39, 0.29) is 0 Å². The van der Waals surface area contributed by atoms with Gasteiger partial charge in [-0.05, 0) is 72.0 Å². The lowest BCUT2D eigenvalue weighted by Gasteiger charge is -2.34. The molecule has 0 N–H and O–H groups in total. The Kier molecular flexibility index (Phi) is 4.43. The van der Waals surface area contributed by atoms with Crippen molar-refractivity contribution in [3.63, 3.8) is 0 Å². The molecule has 0 saturated carbocycles. The van der Waals surface area contributed by atoms with Gasteiger partial charge in [-0.25, -0.2) is 4.99 Å². The van der Waals surface area contributed by atoms with Crippen molar-refractivity contribution in [3.8, 4) is 0 Å². The van der Waals surface area contributed by atoms with Crippen LogP contribution in [0.3, 0.4) is 0 Å². The summed E-state index contributed by atoms with van der Waals surface area (Å²) in [6.07, 6.45) is 0. The summed E-state index contributed by atoms with van der Waals surface area (Å²) in [5.41, 5.74) is 2.61. The van der Waals surface area contributed by atoms with E-state index in [1.54, 1.807) is 0 Å². The van der Waals surface area contributed by atoms with Crippen molar-refractivity contribution in [3.05, 3.63) is 61.6 Å². The smallest absolute Gasteiger partial charge is 0.222 e. The Bertz CT molecular complexity index is 715. The van der Waals surface area contributed by atoms with Crippen molar-refractivity contribution < 1.29 is 4.74 Å². The molecule has 0 saturated heterocycles. The van der Waals surface area contributed by atoms with Gasteiger partial charge in [0.15, 0.2) is 0 Å². The topological polar surface area (TPSA) is 21.6 Å². The average molecular weight is 521 g/mol. The minimum atomic E-state index is -0.431. The van der Waals surface area contributed by atoms with Crippen LogP contribution in [-0.4, -0.2) is 11.2 Å². The second-order valence-electron chi connectivity index (χ2n) is 5.05. The van der Waals surface area contributed by atoms with E-state index < -0.39 is 5.60 Å². The Morgan fingerprint density at radius 1 is 1.19 bits per heavy atom. The minimum absolute atomic E-state index is 0.431. The maximum absolute atomic E-state index is 6.21. The van der Waals surface area contributed by atoms with Crippen molar-refractivity contribution in [1.29, 1.82) is 0 Å². The summed E-state index contributed by atoms with van der Waals surface area (Å²) in [6.45, 7) is 2.08. The molecule has 1 unspecified atom stereocenters. The maximum Gasteiger partial charge on any atom is 0.222 e. The first-order valence-electron chi connectivity index (χ1n) is 6.41. The maximum atomic E-state index is 6.21. The molecular formula is C16H12Br2INO. The first-order chi connectivity index (χ1) is 10.0. The van der Waals surface area contributed by atoms with E-state index in [9.17, 15) is 0 Å². The lowest BCUT2D eigenvalue weighted by atomic mass is 9.94. The molecule has 1 aliphatic heterocycles. The summed E-state index contributed by atoms with van der Waals surface area (Å²) in [4.78, 5) is 4.68. The number of fused-ring (bicyclic) bond motifs is 1. The standard InChI is InChI=1S/C16H12Br2INO/c1-16(9-17)13-8-11(18)4-7-14(13)20-15(21-16)10-2-5-12(19)6-3-10/h2-8H,9H2,1H3. The number of benzene rings is 2. The molecule has 21 heavy (non-hydrogen) atoms. The van der Waals surface area contributed by atoms with Crippen LogP contribution in [0.2, 0.25) is 0 Å². The molecule has 1 aliphatic rings. The van der Waals surface area contributed by atoms with Gasteiger partial charge in [-0.3, -0.25) is 0 Å². The van der Waals surface area contributed by atoms with Crippen LogP contribution in [0.1, 0.15) is 18.1 Å². The molecule has 3 rings (SSSR count). The van der Waals surface area contributed by atoms with Crippen LogP contribution in [-0.2, 0) is 10.3 Å². The zero-order chi connectivity index (χ0) is 15.0. The average Bonchev–Trinajstić information content (AvgIpc) is 2.48. The van der Waals surface area contributed by atoms with Crippen molar-refractivity contribution in [2.45, 2.75) is 12.5 Å². The van der Waals surface area contributed by atoms with Gasteiger partial charge in [-0.1, -0.05) is 31.9 Å². The van der Waals surface area contributed by atoms with E-state index in [4.69, 9.17) is 4.74 Å². The lowest BCUT2D eigenvalue weighted by molar-refractivity contribution is 0.0979. The molecule has 2 aromatic carbocycles. The quantitative estimate of drug-likeness (QED) is 0.364. The van der Waals surface area contributed by atoms with E-state index in [0.29, 0.717) is 11.2 Å². The van der Waals surface area contributed by atoms with Gasteiger partial charge in [0, 0.05) is 24.5 Å². The SMILES string of the molecule is CC1(CBr)OC(c2ccc(I)cc2)=Nc2ccc(Br)cc21. The molecular weight excluding hydrogens is 509 g/mol. The van der Waals surface area contributed by atoms with Crippen LogP contribution in [0, 0.1) is 3.57 Å². The van der Waals surface area contributed by atoms with E-state index in [1.807, 2.05) is 24.3 Å². The van der Waals surface area contributed by atoms with Gasteiger partial charge >= 0.3 is 0 Å². The number of halogens is 3.